The second-order valence-corrected chi connectivity index (χ2v) is 4.77. The molecule has 2 aromatic rings. The highest BCUT2D eigenvalue weighted by molar-refractivity contribution is 5.85. The molecule has 22 heavy (non-hydrogen) atoms. The van der Waals surface area contributed by atoms with E-state index in [1.165, 1.54) is 0 Å². The van der Waals surface area contributed by atoms with E-state index in [2.05, 4.69) is 10.3 Å². The normalized spacial score (nSPS) is 12.0. The molecule has 1 amide bonds. The van der Waals surface area contributed by atoms with Crippen LogP contribution in [0, 0.1) is 0 Å². The fraction of sp³-hybridized carbons (Fsp3) is 0.286. The molecule has 0 bridgehead atoms. The van der Waals surface area contributed by atoms with Crippen LogP contribution in [-0.4, -0.2) is 43.5 Å². The maximum Gasteiger partial charge on any atom is 0.326 e. The lowest BCUT2D eigenvalue weighted by Gasteiger charge is -2.12. The van der Waals surface area contributed by atoms with E-state index in [0.29, 0.717) is 11.3 Å². The third-order valence-electron chi connectivity index (χ3n) is 3.04. The number of fused-ring (bicyclic) bond motifs is 1. The highest BCUT2D eigenvalue weighted by Gasteiger charge is 2.21. The van der Waals surface area contributed by atoms with Crippen LogP contribution in [0.15, 0.2) is 30.6 Å². The van der Waals surface area contributed by atoms with Crippen molar-refractivity contribution in [1.82, 2.24) is 14.7 Å². The van der Waals surface area contributed by atoms with Crippen molar-refractivity contribution in [3.05, 3.63) is 36.3 Å². The van der Waals surface area contributed by atoms with Gasteiger partial charge in [0.05, 0.1) is 12.1 Å². The standard InChI is InChI=1S/C14H15N3O5/c18-12(16-10(14(21)22)4-5-13(19)20)7-9-8-17-6-2-1-3-11(17)15-9/h1-3,6,8,10H,4-5,7H2,(H,16,18)(H,19,20)(H,21,22). The van der Waals surface area contributed by atoms with Crippen molar-refractivity contribution in [2.75, 3.05) is 0 Å². The van der Waals surface area contributed by atoms with E-state index >= 15 is 0 Å². The molecule has 3 N–H and O–H groups in total. The number of aromatic nitrogens is 2. The molecule has 116 valence electrons. The molecule has 1 unspecified atom stereocenters. The fourth-order valence-corrected chi connectivity index (χ4v) is 2.01. The first-order valence-electron chi connectivity index (χ1n) is 6.62. The number of amides is 1. The van der Waals surface area contributed by atoms with Gasteiger partial charge in [-0.2, -0.15) is 0 Å². The Morgan fingerprint density at radius 1 is 1.27 bits per heavy atom. The number of imidazole rings is 1. The Hall–Kier alpha value is -2.90. The summed E-state index contributed by atoms with van der Waals surface area (Å²) < 4.78 is 1.75. The monoisotopic (exact) mass is 305 g/mol. The smallest absolute Gasteiger partial charge is 0.326 e. The molecule has 0 aliphatic carbocycles. The number of pyridine rings is 1. The van der Waals surface area contributed by atoms with Gasteiger partial charge in [-0.25, -0.2) is 9.78 Å². The van der Waals surface area contributed by atoms with Crippen LogP contribution in [0.5, 0.6) is 0 Å². The van der Waals surface area contributed by atoms with Gasteiger partial charge in [0.15, 0.2) is 0 Å². The maximum absolute atomic E-state index is 11.9. The lowest BCUT2D eigenvalue weighted by atomic mass is 10.1. The van der Waals surface area contributed by atoms with Gasteiger partial charge in [-0.3, -0.25) is 9.59 Å². The first-order valence-corrected chi connectivity index (χ1v) is 6.62. The Balaban J connectivity index is 1.98. The number of nitrogens with zero attached hydrogens (tertiary/aromatic N) is 2. The highest BCUT2D eigenvalue weighted by atomic mass is 16.4. The SMILES string of the molecule is O=C(O)CCC(NC(=O)Cc1cn2ccccc2n1)C(=O)O. The van der Waals surface area contributed by atoms with E-state index in [0.717, 1.165) is 0 Å². The molecule has 0 aromatic carbocycles. The summed E-state index contributed by atoms with van der Waals surface area (Å²) in [7, 11) is 0. The van der Waals surface area contributed by atoms with Crippen molar-refractivity contribution in [1.29, 1.82) is 0 Å². The van der Waals surface area contributed by atoms with Crippen molar-refractivity contribution in [3.8, 4) is 0 Å². The Labute approximate surface area is 125 Å². The van der Waals surface area contributed by atoms with E-state index < -0.39 is 23.9 Å². The van der Waals surface area contributed by atoms with Gasteiger partial charge >= 0.3 is 11.9 Å². The van der Waals surface area contributed by atoms with Crippen LogP contribution in [0.3, 0.4) is 0 Å². The average molecular weight is 305 g/mol. The molecule has 0 aliphatic rings. The lowest BCUT2D eigenvalue weighted by Crippen LogP contribution is -2.41. The highest BCUT2D eigenvalue weighted by Crippen LogP contribution is 2.06. The molecule has 0 spiro atoms. The predicted octanol–water partition coefficient (Wildman–Crippen LogP) is 0.311. The summed E-state index contributed by atoms with van der Waals surface area (Å²) in [4.78, 5) is 37.6. The second-order valence-electron chi connectivity index (χ2n) is 4.77. The van der Waals surface area contributed by atoms with Gasteiger partial charge < -0.3 is 19.9 Å². The molecular weight excluding hydrogens is 290 g/mol. The summed E-state index contributed by atoms with van der Waals surface area (Å²) in [5, 5.41) is 19.9. The van der Waals surface area contributed by atoms with Crippen molar-refractivity contribution in [2.45, 2.75) is 25.3 Å². The first kappa shape index (κ1) is 15.5. The van der Waals surface area contributed by atoms with Gasteiger partial charge in [0.25, 0.3) is 0 Å². The van der Waals surface area contributed by atoms with Gasteiger partial charge in [0.2, 0.25) is 5.91 Å². The van der Waals surface area contributed by atoms with Crippen LogP contribution >= 0.6 is 0 Å². The molecule has 8 heteroatoms. The maximum atomic E-state index is 11.9. The quantitative estimate of drug-likeness (QED) is 0.677. The number of aliphatic carboxylic acids is 2. The largest absolute Gasteiger partial charge is 0.481 e. The van der Waals surface area contributed by atoms with E-state index in [4.69, 9.17) is 10.2 Å². The Kier molecular flexibility index (Phi) is 4.72. The molecule has 0 fully saturated rings. The van der Waals surface area contributed by atoms with Gasteiger partial charge in [-0.15, -0.1) is 0 Å². The number of nitrogens with one attached hydrogen (secondary N) is 1. The van der Waals surface area contributed by atoms with Crippen molar-refractivity contribution in [3.63, 3.8) is 0 Å². The summed E-state index contributed by atoms with van der Waals surface area (Å²) in [6.07, 6.45) is 2.91. The topological polar surface area (TPSA) is 121 Å². The van der Waals surface area contributed by atoms with Gasteiger partial charge in [-0.05, 0) is 18.6 Å². The molecule has 0 saturated carbocycles. The number of rotatable bonds is 7. The summed E-state index contributed by atoms with van der Waals surface area (Å²) in [6, 6.07) is 4.21. The zero-order valence-electron chi connectivity index (χ0n) is 11.6. The Morgan fingerprint density at radius 3 is 2.68 bits per heavy atom. The zero-order valence-corrected chi connectivity index (χ0v) is 11.6. The third-order valence-corrected chi connectivity index (χ3v) is 3.04. The summed E-state index contributed by atoms with van der Waals surface area (Å²) in [5.41, 5.74) is 1.19. The minimum atomic E-state index is -1.26. The third kappa shape index (κ3) is 4.05. The number of carboxylic acid groups (broad SMARTS) is 2. The Bertz CT molecular complexity index is 676. The lowest BCUT2D eigenvalue weighted by molar-refractivity contribution is -0.143. The predicted molar refractivity (Wildman–Crippen MR) is 75.3 cm³/mol. The minimum absolute atomic E-state index is 0.0709. The molecule has 1 atom stereocenters. The molecule has 2 rings (SSSR count). The molecule has 0 radical (unpaired) electrons. The van der Waals surface area contributed by atoms with Crippen LogP contribution in [-0.2, 0) is 20.8 Å². The number of hydrogen-bond acceptors (Lipinski definition) is 4. The van der Waals surface area contributed by atoms with E-state index in [1.54, 1.807) is 22.9 Å². The number of carboxylic acids is 2. The zero-order chi connectivity index (χ0) is 16.1. The summed E-state index contributed by atoms with van der Waals surface area (Å²) in [6.45, 7) is 0. The molecule has 0 saturated heterocycles. The van der Waals surface area contributed by atoms with Crippen LogP contribution < -0.4 is 5.32 Å². The molecule has 2 aromatic heterocycles. The Morgan fingerprint density at radius 2 is 2.05 bits per heavy atom. The van der Waals surface area contributed by atoms with Gasteiger partial charge in [0.1, 0.15) is 11.7 Å². The van der Waals surface area contributed by atoms with Crippen LogP contribution in [0.2, 0.25) is 0 Å². The molecule has 8 nitrogen and oxygen atoms in total. The van der Waals surface area contributed by atoms with Crippen molar-refractivity contribution >= 4 is 23.5 Å². The van der Waals surface area contributed by atoms with Gasteiger partial charge in [-0.1, -0.05) is 6.07 Å². The summed E-state index contributed by atoms with van der Waals surface area (Å²) in [5.74, 6) is -2.88. The van der Waals surface area contributed by atoms with Crippen LogP contribution in [0.1, 0.15) is 18.5 Å². The number of hydrogen-bond donors (Lipinski definition) is 3. The van der Waals surface area contributed by atoms with E-state index in [-0.39, 0.29) is 19.3 Å². The van der Waals surface area contributed by atoms with Crippen LogP contribution in [0.25, 0.3) is 5.65 Å². The van der Waals surface area contributed by atoms with Crippen LogP contribution in [0.4, 0.5) is 0 Å². The number of carbonyl (C=O) groups excluding carboxylic acids is 1. The average Bonchev–Trinajstić information content (AvgIpc) is 2.84. The van der Waals surface area contributed by atoms with E-state index in [1.807, 2.05) is 12.1 Å². The molecule has 2 heterocycles. The minimum Gasteiger partial charge on any atom is -0.481 e. The second kappa shape index (κ2) is 6.70. The first-order chi connectivity index (χ1) is 10.5. The molecule has 0 aliphatic heterocycles. The number of carbonyl (C=O) groups is 3. The van der Waals surface area contributed by atoms with Crippen molar-refractivity contribution in [2.24, 2.45) is 0 Å². The summed E-state index contributed by atoms with van der Waals surface area (Å²) >= 11 is 0. The molecular formula is C14H15N3O5. The van der Waals surface area contributed by atoms with Crippen molar-refractivity contribution < 1.29 is 24.6 Å². The van der Waals surface area contributed by atoms with E-state index in [9.17, 15) is 14.4 Å². The fourth-order valence-electron chi connectivity index (χ4n) is 2.01. The van der Waals surface area contributed by atoms with Gasteiger partial charge in [0, 0.05) is 18.8 Å².